The van der Waals surface area contributed by atoms with Crippen LogP contribution >= 0.6 is 22.6 Å². The third kappa shape index (κ3) is 3.79. The second-order valence-electron chi connectivity index (χ2n) is 7.20. The lowest BCUT2D eigenvalue weighted by Crippen LogP contribution is -2.13. The van der Waals surface area contributed by atoms with E-state index in [4.69, 9.17) is 4.18 Å². The van der Waals surface area contributed by atoms with Crippen molar-refractivity contribution in [2.45, 2.75) is 4.90 Å². The maximum atomic E-state index is 13.5. The number of fused-ring (bicyclic) bond motifs is 2. The van der Waals surface area contributed by atoms with Gasteiger partial charge in [-0.05, 0) is 80.0 Å². The van der Waals surface area contributed by atoms with Gasteiger partial charge in [0.05, 0.1) is 0 Å². The highest BCUT2D eigenvalue weighted by Crippen LogP contribution is 2.39. The molecule has 0 saturated heterocycles. The maximum absolute atomic E-state index is 13.5. The van der Waals surface area contributed by atoms with Gasteiger partial charge in [0.2, 0.25) is 0 Å². The molecule has 152 valence electrons. The molecule has 0 aliphatic rings. The molecule has 0 saturated carbocycles. The van der Waals surface area contributed by atoms with Crippen molar-refractivity contribution < 1.29 is 12.6 Å². The van der Waals surface area contributed by atoms with Crippen molar-refractivity contribution in [3.63, 3.8) is 0 Å². The lowest BCUT2D eigenvalue weighted by atomic mass is 9.98. The van der Waals surface area contributed by atoms with Gasteiger partial charge in [-0.1, -0.05) is 72.8 Å². The summed E-state index contributed by atoms with van der Waals surface area (Å²) in [6.45, 7) is 0. The normalized spacial score (nSPS) is 11.6. The number of rotatable bonds is 4. The topological polar surface area (TPSA) is 43.4 Å². The summed E-state index contributed by atoms with van der Waals surface area (Å²) >= 11 is 2.13. The van der Waals surface area contributed by atoms with Crippen molar-refractivity contribution in [1.82, 2.24) is 0 Å². The lowest BCUT2D eigenvalue weighted by Gasteiger charge is -2.16. The molecule has 5 aromatic carbocycles. The number of halogens is 1. The van der Waals surface area contributed by atoms with Gasteiger partial charge in [-0.2, -0.15) is 8.42 Å². The molecule has 5 aromatic rings. The van der Waals surface area contributed by atoms with Gasteiger partial charge in [0.25, 0.3) is 0 Å². The zero-order valence-corrected chi connectivity index (χ0v) is 19.3. The average Bonchev–Trinajstić information content (AvgIpc) is 2.78. The summed E-state index contributed by atoms with van der Waals surface area (Å²) in [5.41, 5.74) is 1.45. The first kappa shape index (κ1) is 20.0. The van der Waals surface area contributed by atoms with E-state index in [2.05, 4.69) is 34.7 Å². The van der Waals surface area contributed by atoms with Crippen LogP contribution < -0.4 is 4.18 Å². The average molecular weight is 536 g/mol. The molecule has 5 rings (SSSR count). The summed E-state index contributed by atoms with van der Waals surface area (Å²) in [5, 5.41) is 4.04. The van der Waals surface area contributed by atoms with Crippen LogP contribution in [0.5, 0.6) is 5.75 Å². The number of benzene rings is 5. The largest absolute Gasteiger partial charge is 0.379 e. The SMILES string of the molecule is O=S(=O)(Oc1ccccc1)c1c(-c2ccccc2)cc2cc3ccccc3cc2c1I. The Hall–Kier alpha value is -2.90. The summed E-state index contributed by atoms with van der Waals surface area (Å²) in [6.07, 6.45) is 0. The molecule has 0 fully saturated rings. The van der Waals surface area contributed by atoms with E-state index < -0.39 is 10.1 Å². The minimum absolute atomic E-state index is 0.186. The van der Waals surface area contributed by atoms with Crippen molar-refractivity contribution in [2.24, 2.45) is 0 Å². The van der Waals surface area contributed by atoms with E-state index in [0.717, 1.165) is 27.1 Å². The molecule has 0 amide bonds. The van der Waals surface area contributed by atoms with E-state index >= 15 is 0 Å². The standard InChI is InChI=1S/C26H17IO3S/c27-25-23-16-20-12-8-7-11-19(20)15-21(23)17-24(18-9-3-1-4-10-18)26(25)31(28,29)30-22-13-5-2-6-14-22/h1-17H. The third-order valence-corrected chi connectivity index (χ3v) is 8.00. The predicted molar refractivity (Wildman–Crippen MR) is 134 cm³/mol. The molecule has 0 spiro atoms. The van der Waals surface area contributed by atoms with Crippen LogP contribution in [0.25, 0.3) is 32.7 Å². The number of para-hydroxylation sites is 1. The molecule has 0 aliphatic heterocycles. The first-order valence-corrected chi connectivity index (χ1v) is 12.2. The second-order valence-corrected chi connectivity index (χ2v) is 9.77. The Bertz CT molecular complexity index is 1510. The van der Waals surface area contributed by atoms with Gasteiger partial charge in [-0.25, -0.2) is 0 Å². The monoisotopic (exact) mass is 536 g/mol. The molecule has 0 bridgehead atoms. The molecule has 3 nitrogen and oxygen atoms in total. The van der Waals surface area contributed by atoms with Gasteiger partial charge in [-0.3, -0.25) is 0 Å². The molecule has 0 aliphatic carbocycles. The Labute approximate surface area is 194 Å². The highest BCUT2D eigenvalue weighted by Gasteiger charge is 2.27. The molecule has 0 unspecified atom stereocenters. The first-order chi connectivity index (χ1) is 15.0. The summed E-state index contributed by atoms with van der Waals surface area (Å²) in [4.78, 5) is 0.186. The zero-order chi connectivity index (χ0) is 21.4. The summed E-state index contributed by atoms with van der Waals surface area (Å²) in [6, 6.07) is 32.3. The highest BCUT2D eigenvalue weighted by atomic mass is 127. The summed E-state index contributed by atoms with van der Waals surface area (Å²) < 4.78 is 33.2. The molecule has 0 N–H and O–H groups in total. The Balaban J connectivity index is 1.82. The van der Waals surface area contributed by atoms with Crippen LogP contribution in [0.2, 0.25) is 0 Å². The van der Waals surface area contributed by atoms with E-state index in [1.54, 1.807) is 24.3 Å². The quantitative estimate of drug-likeness (QED) is 0.141. The predicted octanol–water partition coefficient (Wildman–Crippen LogP) is 7.03. The van der Waals surface area contributed by atoms with E-state index in [-0.39, 0.29) is 10.6 Å². The summed E-state index contributed by atoms with van der Waals surface area (Å²) in [7, 11) is -4.08. The van der Waals surface area contributed by atoms with Crippen LogP contribution in [-0.2, 0) is 10.1 Å². The van der Waals surface area contributed by atoms with Crippen LogP contribution in [0.15, 0.2) is 108 Å². The molecule has 0 heterocycles. The van der Waals surface area contributed by atoms with E-state index in [9.17, 15) is 8.42 Å². The molecule has 0 atom stereocenters. The van der Waals surface area contributed by atoms with Crippen molar-refractivity contribution in [3.8, 4) is 16.9 Å². The molecule has 0 radical (unpaired) electrons. The van der Waals surface area contributed by atoms with E-state index in [0.29, 0.717) is 9.13 Å². The van der Waals surface area contributed by atoms with Gasteiger partial charge in [0.1, 0.15) is 10.6 Å². The van der Waals surface area contributed by atoms with Gasteiger partial charge in [0.15, 0.2) is 0 Å². The van der Waals surface area contributed by atoms with Crippen molar-refractivity contribution in [2.75, 3.05) is 0 Å². The maximum Gasteiger partial charge on any atom is 0.340 e. The van der Waals surface area contributed by atoms with Gasteiger partial charge in [-0.15, -0.1) is 0 Å². The summed E-state index contributed by atoms with van der Waals surface area (Å²) in [5.74, 6) is 0.288. The fraction of sp³-hybridized carbons (Fsp3) is 0. The third-order valence-electron chi connectivity index (χ3n) is 5.18. The molecule has 0 aromatic heterocycles. The molecular weight excluding hydrogens is 519 g/mol. The second kappa shape index (κ2) is 7.98. The molecular formula is C26H17IO3S. The Kier molecular flexibility index (Phi) is 5.16. The first-order valence-electron chi connectivity index (χ1n) is 9.73. The fourth-order valence-corrected chi connectivity index (χ4v) is 6.54. The zero-order valence-electron chi connectivity index (χ0n) is 16.3. The van der Waals surface area contributed by atoms with E-state index in [1.165, 1.54) is 0 Å². The van der Waals surface area contributed by atoms with Gasteiger partial charge in [0, 0.05) is 9.13 Å². The minimum Gasteiger partial charge on any atom is -0.379 e. The fourth-order valence-electron chi connectivity index (χ4n) is 3.75. The van der Waals surface area contributed by atoms with Crippen molar-refractivity contribution in [1.29, 1.82) is 0 Å². The minimum atomic E-state index is -4.08. The van der Waals surface area contributed by atoms with E-state index in [1.807, 2.05) is 66.7 Å². The number of hydrogen-bond acceptors (Lipinski definition) is 3. The van der Waals surface area contributed by atoms with Gasteiger partial charge >= 0.3 is 10.1 Å². The Morgan fingerprint density at radius 2 is 1.23 bits per heavy atom. The van der Waals surface area contributed by atoms with Crippen molar-refractivity contribution >= 4 is 54.3 Å². The Morgan fingerprint density at radius 3 is 1.90 bits per heavy atom. The van der Waals surface area contributed by atoms with Crippen LogP contribution in [0.4, 0.5) is 0 Å². The smallest absolute Gasteiger partial charge is 0.340 e. The van der Waals surface area contributed by atoms with Crippen LogP contribution in [0, 0.1) is 3.57 Å². The van der Waals surface area contributed by atoms with Crippen molar-refractivity contribution in [3.05, 3.63) is 107 Å². The van der Waals surface area contributed by atoms with Crippen LogP contribution in [0.3, 0.4) is 0 Å². The highest BCUT2D eigenvalue weighted by molar-refractivity contribution is 14.1. The lowest BCUT2D eigenvalue weighted by molar-refractivity contribution is 0.486. The number of hydrogen-bond donors (Lipinski definition) is 0. The molecule has 5 heteroatoms. The molecule has 31 heavy (non-hydrogen) atoms. The van der Waals surface area contributed by atoms with Gasteiger partial charge < -0.3 is 4.18 Å². The Morgan fingerprint density at radius 1 is 0.645 bits per heavy atom. The van der Waals surface area contributed by atoms with Crippen LogP contribution in [-0.4, -0.2) is 8.42 Å². The van der Waals surface area contributed by atoms with Crippen LogP contribution in [0.1, 0.15) is 0 Å².